The van der Waals surface area contributed by atoms with Gasteiger partial charge < -0.3 is 14.8 Å². The number of hydrogen-bond donors (Lipinski definition) is 1. The number of hydrogen-bond acceptors (Lipinski definition) is 6. The highest BCUT2D eigenvalue weighted by Crippen LogP contribution is 2.44. The minimum Gasteiger partial charge on any atom is -0.497 e. The van der Waals surface area contributed by atoms with Gasteiger partial charge >= 0.3 is 5.97 Å². The highest BCUT2D eigenvalue weighted by atomic mass is 16.5. The van der Waals surface area contributed by atoms with Crippen LogP contribution in [-0.4, -0.2) is 30.2 Å². The number of Topliss-reactive ketones (excluding diaryl/α,β-unsaturated/α-hetero) is 2. The van der Waals surface area contributed by atoms with Gasteiger partial charge in [-0.25, -0.2) is 4.79 Å². The van der Waals surface area contributed by atoms with Crippen molar-refractivity contribution in [1.82, 2.24) is 5.32 Å². The molecular formula is C28H31NO5. The predicted octanol–water partition coefficient (Wildman–Crippen LogP) is 4.31. The number of nitrogens with one attached hydrogen (secondary N) is 1. The molecule has 2 aliphatic carbocycles. The molecule has 0 bridgehead atoms. The van der Waals surface area contributed by atoms with Crippen molar-refractivity contribution < 1.29 is 23.9 Å². The standard InChI is InChI=1S/C28H31NO5/c1-17-24(28(32)33-15-14-18-8-3-2-4-9-18)25(26-21(29-17)11-7-12-22(26)30)20-16-34-23-13-6-5-10-19(23)27(20)31/h2-4,8-9,16,19,23,25,29H,5-7,10-15H2,1H3. The van der Waals surface area contributed by atoms with Crippen molar-refractivity contribution in [2.24, 2.45) is 11.8 Å². The van der Waals surface area contributed by atoms with Crippen LogP contribution < -0.4 is 5.32 Å². The molecule has 34 heavy (non-hydrogen) atoms. The van der Waals surface area contributed by atoms with Crippen molar-refractivity contribution in [3.05, 3.63) is 70.3 Å². The van der Waals surface area contributed by atoms with Crippen LogP contribution in [0.4, 0.5) is 0 Å². The van der Waals surface area contributed by atoms with Gasteiger partial charge in [-0.3, -0.25) is 9.59 Å². The predicted molar refractivity (Wildman–Crippen MR) is 126 cm³/mol. The molecule has 1 saturated carbocycles. The van der Waals surface area contributed by atoms with Gasteiger partial charge in [0.2, 0.25) is 0 Å². The summed E-state index contributed by atoms with van der Waals surface area (Å²) in [5, 5.41) is 3.29. The van der Waals surface area contributed by atoms with Gasteiger partial charge in [0.1, 0.15) is 6.10 Å². The fraction of sp³-hybridized carbons (Fsp3) is 0.464. The van der Waals surface area contributed by atoms with Crippen LogP contribution in [0.2, 0.25) is 0 Å². The van der Waals surface area contributed by atoms with Crippen molar-refractivity contribution in [2.75, 3.05) is 6.61 Å². The zero-order chi connectivity index (χ0) is 23.7. The fourth-order valence-corrected chi connectivity index (χ4v) is 5.75. The quantitative estimate of drug-likeness (QED) is 0.658. The van der Waals surface area contributed by atoms with Gasteiger partial charge in [0.05, 0.1) is 30.3 Å². The smallest absolute Gasteiger partial charge is 0.336 e. The summed E-state index contributed by atoms with van der Waals surface area (Å²) in [5.74, 6) is -1.43. The van der Waals surface area contributed by atoms with E-state index in [0.717, 1.165) is 49.8 Å². The topological polar surface area (TPSA) is 81.7 Å². The molecule has 1 aromatic carbocycles. The molecule has 5 rings (SSSR count). The zero-order valence-corrected chi connectivity index (χ0v) is 19.6. The Morgan fingerprint density at radius 2 is 1.88 bits per heavy atom. The lowest BCUT2D eigenvalue weighted by molar-refractivity contribution is -0.139. The highest BCUT2D eigenvalue weighted by molar-refractivity contribution is 6.08. The maximum absolute atomic E-state index is 13.6. The van der Waals surface area contributed by atoms with E-state index < -0.39 is 11.9 Å². The highest BCUT2D eigenvalue weighted by Gasteiger charge is 2.46. The summed E-state index contributed by atoms with van der Waals surface area (Å²) in [5.41, 5.74) is 3.83. The van der Waals surface area contributed by atoms with Crippen molar-refractivity contribution in [2.45, 2.75) is 64.4 Å². The Kier molecular flexibility index (Phi) is 6.40. The Labute approximate surface area is 200 Å². The Hall–Kier alpha value is -3.15. The molecule has 0 saturated heterocycles. The molecule has 1 fully saturated rings. The van der Waals surface area contributed by atoms with Crippen LogP contribution in [0.3, 0.4) is 0 Å². The minimum atomic E-state index is -0.733. The lowest BCUT2D eigenvalue weighted by Gasteiger charge is -2.39. The van der Waals surface area contributed by atoms with Crippen molar-refractivity contribution in [3.8, 4) is 0 Å². The molecule has 0 spiro atoms. The van der Waals surface area contributed by atoms with E-state index in [1.54, 1.807) is 0 Å². The molecule has 3 unspecified atom stereocenters. The van der Waals surface area contributed by atoms with Crippen molar-refractivity contribution in [1.29, 1.82) is 0 Å². The average molecular weight is 462 g/mol. The third-order valence-corrected chi connectivity index (χ3v) is 7.47. The summed E-state index contributed by atoms with van der Waals surface area (Å²) < 4.78 is 11.7. The van der Waals surface area contributed by atoms with E-state index in [4.69, 9.17) is 9.47 Å². The van der Waals surface area contributed by atoms with Gasteiger partial charge in [0.25, 0.3) is 0 Å². The first kappa shape index (κ1) is 22.6. The van der Waals surface area contributed by atoms with E-state index in [0.29, 0.717) is 35.3 Å². The average Bonchev–Trinajstić information content (AvgIpc) is 2.84. The van der Waals surface area contributed by atoms with Crippen molar-refractivity contribution >= 4 is 17.5 Å². The molecule has 3 atom stereocenters. The van der Waals surface area contributed by atoms with Crippen LogP contribution in [0.5, 0.6) is 0 Å². The first-order chi connectivity index (χ1) is 16.5. The van der Waals surface area contributed by atoms with Crippen LogP contribution in [0.15, 0.2) is 64.7 Å². The second-order valence-corrected chi connectivity index (χ2v) is 9.64. The number of carbonyl (C=O) groups excluding carboxylic acids is 3. The van der Waals surface area contributed by atoms with E-state index in [9.17, 15) is 14.4 Å². The Bertz CT molecular complexity index is 1100. The number of carbonyl (C=O) groups is 3. The van der Waals surface area contributed by atoms with Crippen LogP contribution in [-0.2, 0) is 30.3 Å². The van der Waals surface area contributed by atoms with Crippen LogP contribution in [0.1, 0.15) is 57.4 Å². The lowest BCUT2D eigenvalue weighted by Crippen LogP contribution is -2.43. The second kappa shape index (κ2) is 9.61. The number of rotatable bonds is 5. The summed E-state index contributed by atoms with van der Waals surface area (Å²) >= 11 is 0. The first-order valence-electron chi connectivity index (χ1n) is 12.4. The van der Waals surface area contributed by atoms with Crippen LogP contribution >= 0.6 is 0 Å². The van der Waals surface area contributed by atoms with E-state index >= 15 is 0 Å². The van der Waals surface area contributed by atoms with E-state index in [-0.39, 0.29) is 30.2 Å². The molecule has 6 nitrogen and oxygen atoms in total. The molecule has 0 amide bonds. The fourth-order valence-electron chi connectivity index (χ4n) is 5.75. The van der Waals surface area contributed by atoms with Gasteiger partial charge in [-0.15, -0.1) is 0 Å². The largest absolute Gasteiger partial charge is 0.497 e. The molecule has 2 heterocycles. The molecule has 4 aliphatic rings. The Morgan fingerprint density at radius 3 is 2.71 bits per heavy atom. The molecule has 178 valence electrons. The zero-order valence-electron chi connectivity index (χ0n) is 19.6. The number of allylic oxidation sites excluding steroid dienone is 4. The van der Waals surface area contributed by atoms with Gasteiger partial charge in [0.15, 0.2) is 11.6 Å². The van der Waals surface area contributed by atoms with Crippen LogP contribution in [0, 0.1) is 11.8 Å². The summed E-state index contributed by atoms with van der Waals surface area (Å²) in [7, 11) is 0. The third kappa shape index (κ3) is 4.22. The van der Waals surface area contributed by atoms with Crippen LogP contribution in [0.25, 0.3) is 0 Å². The SMILES string of the molecule is CC1=C(C(=O)OCCc2ccccc2)C(C2=COC3CCCCC3C2=O)C2=C(CCCC2=O)N1. The monoisotopic (exact) mass is 461 g/mol. The number of fused-ring (bicyclic) bond motifs is 1. The minimum absolute atomic E-state index is 0.00968. The first-order valence-corrected chi connectivity index (χ1v) is 12.4. The van der Waals surface area contributed by atoms with E-state index in [1.807, 2.05) is 37.3 Å². The summed E-state index contributed by atoms with van der Waals surface area (Å²) in [6, 6.07) is 9.83. The van der Waals surface area contributed by atoms with Gasteiger partial charge in [-0.2, -0.15) is 0 Å². The third-order valence-electron chi connectivity index (χ3n) is 7.47. The summed E-state index contributed by atoms with van der Waals surface area (Å²) in [4.78, 5) is 40.1. The maximum atomic E-state index is 13.6. The molecule has 1 N–H and O–H groups in total. The number of ketones is 2. The van der Waals surface area contributed by atoms with Gasteiger partial charge in [-0.1, -0.05) is 36.8 Å². The molecule has 1 aromatic rings. The molecule has 2 aliphatic heterocycles. The molecule has 6 heteroatoms. The van der Waals surface area contributed by atoms with Gasteiger partial charge in [0, 0.05) is 35.4 Å². The summed E-state index contributed by atoms with van der Waals surface area (Å²) in [6.07, 6.45) is 7.61. The molecule has 0 radical (unpaired) electrons. The van der Waals surface area contributed by atoms with E-state index in [2.05, 4.69) is 5.32 Å². The molecule has 0 aromatic heterocycles. The second-order valence-electron chi connectivity index (χ2n) is 9.64. The Balaban J connectivity index is 1.45. The molecular weight excluding hydrogens is 430 g/mol. The normalized spacial score (nSPS) is 26.7. The Morgan fingerprint density at radius 1 is 1.09 bits per heavy atom. The number of dihydropyridines is 1. The maximum Gasteiger partial charge on any atom is 0.336 e. The summed E-state index contributed by atoms with van der Waals surface area (Å²) in [6.45, 7) is 2.04. The number of esters is 1. The van der Waals surface area contributed by atoms with E-state index in [1.165, 1.54) is 6.26 Å². The number of ether oxygens (including phenoxy) is 2. The number of benzene rings is 1. The van der Waals surface area contributed by atoms with Crippen molar-refractivity contribution in [3.63, 3.8) is 0 Å². The van der Waals surface area contributed by atoms with Gasteiger partial charge in [-0.05, 0) is 44.6 Å². The lowest BCUT2D eigenvalue weighted by atomic mass is 9.70.